The van der Waals surface area contributed by atoms with Gasteiger partial charge in [0.15, 0.2) is 0 Å². The van der Waals surface area contributed by atoms with Crippen LogP contribution in [0.4, 0.5) is 0 Å². The lowest BCUT2D eigenvalue weighted by atomic mass is 10.0. The summed E-state index contributed by atoms with van der Waals surface area (Å²) in [6.07, 6.45) is 2.05. The van der Waals surface area contributed by atoms with E-state index >= 15 is 0 Å². The zero-order valence-electron chi connectivity index (χ0n) is 11.9. The first-order valence-corrected chi connectivity index (χ1v) is 7.24. The fraction of sp³-hybridized carbons (Fsp3) is 0.500. The molecule has 1 aromatic carbocycles. The summed E-state index contributed by atoms with van der Waals surface area (Å²) < 4.78 is 0. The van der Waals surface area contributed by atoms with Gasteiger partial charge in [-0.05, 0) is 36.8 Å². The van der Waals surface area contributed by atoms with Gasteiger partial charge in [0.05, 0.1) is 6.04 Å². The Hall–Kier alpha value is -1.84. The lowest BCUT2D eigenvalue weighted by Crippen LogP contribution is -2.43. The maximum atomic E-state index is 12.3. The van der Waals surface area contributed by atoms with Gasteiger partial charge in [0.2, 0.25) is 11.8 Å². The largest absolute Gasteiger partial charge is 0.347 e. The van der Waals surface area contributed by atoms with Crippen molar-refractivity contribution < 1.29 is 9.59 Å². The molecule has 1 fully saturated rings. The van der Waals surface area contributed by atoms with Crippen molar-refractivity contribution in [2.75, 3.05) is 0 Å². The molecule has 20 heavy (non-hydrogen) atoms. The normalized spacial score (nSPS) is 28.1. The predicted molar refractivity (Wildman–Crippen MR) is 76.1 cm³/mol. The molecule has 3 atom stereocenters. The van der Waals surface area contributed by atoms with Crippen LogP contribution in [-0.4, -0.2) is 17.9 Å². The monoisotopic (exact) mass is 272 g/mol. The van der Waals surface area contributed by atoms with E-state index in [-0.39, 0.29) is 23.9 Å². The Morgan fingerprint density at radius 1 is 1.40 bits per heavy atom. The zero-order chi connectivity index (χ0) is 14.3. The Morgan fingerprint density at radius 3 is 2.90 bits per heavy atom. The summed E-state index contributed by atoms with van der Waals surface area (Å²) in [6.45, 7) is 4.23. The second-order valence-electron chi connectivity index (χ2n) is 6.03. The van der Waals surface area contributed by atoms with Gasteiger partial charge < -0.3 is 10.6 Å². The molecule has 0 aromatic heterocycles. The topological polar surface area (TPSA) is 58.2 Å². The highest BCUT2D eigenvalue weighted by Gasteiger charge is 2.34. The molecule has 0 bridgehead atoms. The second-order valence-corrected chi connectivity index (χ2v) is 6.03. The first-order valence-electron chi connectivity index (χ1n) is 7.24. The minimum Gasteiger partial charge on any atom is -0.347 e. The molecular formula is C16H20N2O2. The average Bonchev–Trinajstić information content (AvgIpc) is 2.95. The third-order valence-electron chi connectivity index (χ3n) is 4.36. The summed E-state index contributed by atoms with van der Waals surface area (Å²) in [7, 11) is 0. The first kappa shape index (κ1) is 13.2. The zero-order valence-corrected chi connectivity index (χ0v) is 11.9. The highest BCUT2D eigenvalue weighted by atomic mass is 16.2. The van der Waals surface area contributed by atoms with Crippen LogP contribution in [0, 0.1) is 12.8 Å². The lowest BCUT2D eigenvalue weighted by Gasteiger charge is -2.21. The number of rotatable bonds is 2. The smallest absolute Gasteiger partial charge is 0.243 e. The molecule has 0 saturated carbocycles. The maximum absolute atomic E-state index is 12.3. The van der Waals surface area contributed by atoms with Gasteiger partial charge in [0.1, 0.15) is 6.04 Å². The summed E-state index contributed by atoms with van der Waals surface area (Å²) in [5.41, 5.74) is 3.77. The standard InChI is InChI=1S/C16H20N2O2/c1-9-3-4-11-8-10(2)15(12(11)7-9)18-16(20)13-5-6-14(19)17-13/h3-4,7,10,13,15H,5-6,8H2,1-2H3,(H,17,19)(H,18,20)/t10-,13-,15-/m1/s1. The Kier molecular flexibility index (Phi) is 3.24. The van der Waals surface area contributed by atoms with Crippen LogP contribution < -0.4 is 10.6 Å². The Bertz CT molecular complexity index is 568. The van der Waals surface area contributed by atoms with Crippen molar-refractivity contribution >= 4 is 11.8 Å². The summed E-state index contributed by atoms with van der Waals surface area (Å²) in [5, 5.41) is 5.85. The molecule has 4 heteroatoms. The van der Waals surface area contributed by atoms with E-state index in [9.17, 15) is 9.59 Å². The van der Waals surface area contributed by atoms with E-state index in [1.807, 2.05) is 0 Å². The van der Waals surface area contributed by atoms with Crippen molar-refractivity contribution in [2.45, 2.75) is 45.2 Å². The van der Waals surface area contributed by atoms with Crippen molar-refractivity contribution in [1.29, 1.82) is 0 Å². The first-order chi connectivity index (χ1) is 9.54. The minimum absolute atomic E-state index is 0.0270. The third kappa shape index (κ3) is 2.30. The van der Waals surface area contributed by atoms with Crippen molar-refractivity contribution in [1.82, 2.24) is 10.6 Å². The molecule has 2 amide bonds. The molecule has 1 aliphatic carbocycles. The third-order valence-corrected chi connectivity index (χ3v) is 4.36. The number of aryl methyl sites for hydroxylation is 1. The average molecular weight is 272 g/mol. The highest BCUT2D eigenvalue weighted by Crippen LogP contribution is 2.36. The molecule has 2 aliphatic rings. The molecule has 2 N–H and O–H groups in total. The van der Waals surface area contributed by atoms with Crippen molar-refractivity contribution in [3.63, 3.8) is 0 Å². The molecule has 4 nitrogen and oxygen atoms in total. The molecule has 1 aromatic rings. The number of benzene rings is 1. The number of hydrogen-bond acceptors (Lipinski definition) is 2. The molecule has 0 spiro atoms. The van der Waals surface area contributed by atoms with Crippen LogP contribution in [-0.2, 0) is 16.0 Å². The van der Waals surface area contributed by atoms with E-state index in [4.69, 9.17) is 0 Å². The van der Waals surface area contributed by atoms with Gasteiger partial charge >= 0.3 is 0 Å². The molecule has 0 unspecified atom stereocenters. The SMILES string of the molecule is Cc1ccc2c(c1)[C@H](NC(=O)[C@H]1CCC(=O)N1)[C@H](C)C2. The summed E-state index contributed by atoms with van der Waals surface area (Å²) in [4.78, 5) is 23.5. The van der Waals surface area contributed by atoms with Gasteiger partial charge in [-0.25, -0.2) is 0 Å². The Morgan fingerprint density at radius 2 is 2.20 bits per heavy atom. The van der Waals surface area contributed by atoms with Crippen LogP contribution in [0.2, 0.25) is 0 Å². The maximum Gasteiger partial charge on any atom is 0.243 e. The van der Waals surface area contributed by atoms with Crippen LogP contribution >= 0.6 is 0 Å². The van der Waals surface area contributed by atoms with E-state index in [1.165, 1.54) is 16.7 Å². The van der Waals surface area contributed by atoms with Crippen LogP contribution in [0.15, 0.2) is 18.2 Å². The van der Waals surface area contributed by atoms with Gasteiger partial charge in [-0.2, -0.15) is 0 Å². The van der Waals surface area contributed by atoms with Crippen molar-refractivity contribution in [3.05, 3.63) is 34.9 Å². The van der Waals surface area contributed by atoms with Gasteiger partial charge in [-0.15, -0.1) is 0 Å². The van der Waals surface area contributed by atoms with Crippen LogP contribution in [0.5, 0.6) is 0 Å². The predicted octanol–water partition coefficient (Wildman–Crippen LogP) is 1.62. The van der Waals surface area contributed by atoms with E-state index in [0.717, 1.165) is 6.42 Å². The molecular weight excluding hydrogens is 252 g/mol. The molecule has 106 valence electrons. The van der Waals surface area contributed by atoms with E-state index in [1.54, 1.807) is 0 Å². The van der Waals surface area contributed by atoms with Gasteiger partial charge in [0, 0.05) is 6.42 Å². The van der Waals surface area contributed by atoms with Gasteiger partial charge in [0.25, 0.3) is 0 Å². The number of fused-ring (bicyclic) bond motifs is 1. The molecule has 3 rings (SSSR count). The lowest BCUT2D eigenvalue weighted by molar-refractivity contribution is -0.126. The van der Waals surface area contributed by atoms with E-state index in [0.29, 0.717) is 18.8 Å². The highest BCUT2D eigenvalue weighted by molar-refractivity contribution is 5.91. The van der Waals surface area contributed by atoms with Crippen LogP contribution in [0.1, 0.15) is 42.5 Å². The van der Waals surface area contributed by atoms with Crippen molar-refractivity contribution in [2.24, 2.45) is 5.92 Å². The second kappa shape index (κ2) is 4.93. The van der Waals surface area contributed by atoms with Crippen LogP contribution in [0.25, 0.3) is 0 Å². The number of carbonyl (C=O) groups excluding carboxylic acids is 2. The van der Waals surface area contributed by atoms with E-state index < -0.39 is 0 Å². The Labute approximate surface area is 118 Å². The van der Waals surface area contributed by atoms with Gasteiger partial charge in [-0.1, -0.05) is 30.7 Å². The number of amides is 2. The van der Waals surface area contributed by atoms with E-state index in [2.05, 4.69) is 42.7 Å². The number of nitrogens with one attached hydrogen (secondary N) is 2. The minimum atomic E-state index is -0.358. The molecule has 1 saturated heterocycles. The fourth-order valence-corrected chi connectivity index (χ4v) is 3.25. The number of hydrogen-bond donors (Lipinski definition) is 2. The Balaban J connectivity index is 1.76. The van der Waals surface area contributed by atoms with Gasteiger partial charge in [-0.3, -0.25) is 9.59 Å². The molecule has 0 radical (unpaired) electrons. The fourth-order valence-electron chi connectivity index (χ4n) is 3.25. The summed E-state index contributed by atoms with van der Waals surface area (Å²) in [5.74, 6) is 0.316. The molecule has 1 heterocycles. The summed E-state index contributed by atoms with van der Waals surface area (Å²) in [6, 6.07) is 6.15. The van der Waals surface area contributed by atoms with Crippen molar-refractivity contribution in [3.8, 4) is 0 Å². The quantitative estimate of drug-likeness (QED) is 0.859. The van der Waals surface area contributed by atoms with Crippen LogP contribution in [0.3, 0.4) is 0 Å². The summed E-state index contributed by atoms with van der Waals surface area (Å²) >= 11 is 0. The number of carbonyl (C=O) groups is 2. The molecule has 1 aliphatic heterocycles.